The van der Waals surface area contributed by atoms with Crippen LogP contribution in [-0.2, 0) is 22.6 Å². The summed E-state index contributed by atoms with van der Waals surface area (Å²) >= 11 is 3.24. The number of carbonyl (C=O) groups excluding carboxylic acids is 1. The summed E-state index contributed by atoms with van der Waals surface area (Å²) in [6, 6.07) is 0. The highest BCUT2D eigenvalue weighted by Crippen LogP contribution is 2.24. The molecule has 6 nitrogen and oxygen atoms in total. The highest BCUT2D eigenvalue weighted by Gasteiger charge is 2.19. The van der Waals surface area contributed by atoms with E-state index in [-0.39, 0.29) is 12.2 Å². The quantitative estimate of drug-likeness (QED) is 0.765. The molecule has 0 bridgehead atoms. The summed E-state index contributed by atoms with van der Waals surface area (Å²) in [6.45, 7) is 2.58. The molecule has 1 fully saturated rings. The van der Waals surface area contributed by atoms with Gasteiger partial charge in [0.1, 0.15) is 6.54 Å². The molecule has 0 N–H and O–H groups in total. The molecule has 1 saturated carbocycles. The SMILES string of the molecule is CCOC(=O)Cn1c(Br)nn(CC2CCCCC2)c1=O. The average molecular weight is 346 g/mol. The molecule has 0 radical (unpaired) electrons. The Balaban J connectivity index is 2.07. The fraction of sp³-hybridized carbons (Fsp3) is 0.769. The van der Waals surface area contributed by atoms with E-state index in [4.69, 9.17) is 4.74 Å². The summed E-state index contributed by atoms with van der Waals surface area (Å²) in [5.41, 5.74) is -0.254. The van der Waals surface area contributed by atoms with Gasteiger partial charge in [-0.25, -0.2) is 9.48 Å². The van der Waals surface area contributed by atoms with Gasteiger partial charge in [-0.05, 0) is 41.6 Å². The number of esters is 1. The molecule has 1 aromatic heterocycles. The molecule has 0 amide bonds. The van der Waals surface area contributed by atoms with Crippen LogP contribution in [0.5, 0.6) is 0 Å². The zero-order chi connectivity index (χ0) is 14.5. The van der Waals surface area contributed by atoms with Gasteiger partial charge in [-0.3, -0.25) is 9.36 Å². The first-order valence-electron chi connectivity index (χ1n) is 7.10. The van der Waals surface area contributed by atoms with Gasteiger partial charge in [-0.2, -0.15) is 0 Å². The first kappa shape index (κ1) is 15.3. The van der Waals surface area contributed by atoms with Gasteiger partial charge in [0, 0.05) is 6.54 Å². The monoisotopic (exact) mass is 345 g/mol. The first-order chi connectivity index (χ1) is 9.61. The second kappa shape index (κ2) is 7.06. The molecule has 0 aliphatic heterocycles. The maximum atomic E-state index is 12.2. The summed E-state index contributed by atoms with van der Waals surface area (Å²) in [6.07, 6.45) is 6.03. The van der Waals surface area contributed by atoms with E-state index in [0.29, 0.717) is 23.8 Å². The molecule has 7 heteroatoms. The summed E-state index contributed by atoms with van der Waals surface area (Å²) in [4.78, 5) is 23.7. The van der Waals surface area contributed by atoms with Crippen LogP contribution in [0.15, 0.2) is 9.53 Å². The topological polar surface area (TPSA) is 66.1 Å². The molecule has 0 aromatic carbocycles. The Bertz CT molecular complexity index is 517. The molecule has 0 unspecified atom stereocenters. The average Bonchev–Trinajstić information content (AvgIpc) is 2.68. The van der Waals surface area contributed by atoms with E-state index < -0.39 is 5.97 Å². The second-order valence-corrected chi connectivity index (χ2v) is 5.84. The van der Waals surface area contributed by atoms with Crippen LogP contribution in [0.1, 0.15) is 39.0 Å². The number of hydrogen-bond acceptors (Lipinski definition) is 4. The summed E-state index contributed by atoms with van der Waals surface area (Å²) < 4.78 is 8.00. The number of ether oxygens (including phenoxy) is 1. The number of rotatable bonds is 5. The van der Waals surface area contributed by atoms with Crippen molar-refractivity contribution in [2.45, 2.75) is 52.1 Å². The van der Waals surface area contributed by atoms with Crippen LogP contribution in [0.3, 0.4) is 0 Å². The maximum Gasteiger partial charge on any atom is 0.347 e. The zero-order valence-electron chi connectivity index (χ0n) is 11.7. The van der Waals surface area contributed by atoms with E-state index in [1.165, 1.54) is 28.5 Å². The molecule has 1 aromatic rings. The van der Waals surface area contributed by atoms with Crippen molar-refractivity contribution >= 4 is 21.9 Å². The Morgan fingerprint density at radius 1 is 1.40 bits per heavy atom. The lowest BCUT2D eigenvalue weighted by Gasteiger charge is -2.20. The minimum absolute atomic E-state index is 0.0993. The van der Waals surface area contributed by atoms with Crippen molar-refractivity contribution in [3.8, 4) is 0 Å². The largest absolute Gasteiger partial charge is 0.465 e. The lowest BCUT2D eigenvalue weighted by atomic mass is 9.89. The van der Waals surface area contributed by atoms with Gasteiger partial charge in [0.15, 0.2) is 0 Å². The van der Waals surface area contributed by atoms with Gasteiger partial charge >= 0.3 is 11.7 Å². The van der Waals surface area contributed by atoms with Gasteiger partial charge in [0.05, 0.1) is 6.61 Å². The fourth-order valence-electron chi connectivity index (χ4n) is 2.62. The number of hydrogen-bond donors (Lipinski definition) is 0. The highest BCUT2D eigenvalue weighted by molar-refractivity contribution is 9.10. The standard InChI is InChI=1S/C13H20BrN3O3/c1-2-20-11(18)9-16-12(14)15-17(13(16)19)8-10-6-4-3-5-7-10/h10H,2-9H2,1H3. The molecule has 1 heterocycles. The van der Waals surface area contributed by atoms with Crippen molar-refractivity contribution in [3.05, 3.63) is 15.2 Å². The lowest BCUT2D eigenvalue weighted by Crippen LogP contribution is -2.30. The molecule has 1 aliphatic carbocycles. The minimum Gasteiger partial charge on any atom is -0.465 e. The molecular weight excluding hydrogens is 326 g/mol. The van der Waals surface area contributed by atoms with Crippen molar-refractivity contribution in [1.82, 2.24) is 14.3 Å². The van der Waals surface area contributed by atoms with Gasteiger partial charge < -0.3 is 4.74 Å². The van der Waals surface area contributed by atoms with Crippen molar-refractivity contribution in [2.75, 3.05) is 6.61 Å². The summed E-state index contributed by atoms with van der Waals surface area (Å²) in [7, 11) is 0. The number of carbonyl (C=O) groups is 1. The molecule has 2 rings (SSSR count). The smallest absolute Gasteiger partial charge is 0.347 e. The van der Waals surface area contributed by atoms with Gasteiger partial charge in [-0.1, -0.05) is 19.3 Å². The zero-order valence-corrected chi connectivity index (χ0v) is 13.3. The maximum absolute atomic E-state index is 12.2. The van der Waals surface area contributed by atoms with E-state index in [2.05, 4.69) is 21.0 Å². The van der Waals surface area contributed by atoms with E-state index in [1.807, 2.05) is 0 Å². The van der Waals surface area contributed by atoms with Crippen LogP contribution in [0, 0.1) is 5.92 Å². The van der Waals surface area contributed by atoms with Crippen LogP contribution in [-0.4, -0.2) is 26.9 Å². The third-order valence-electron chi connectivity index (χ3n) is 3.63. The Labute approximate surface area is 126 Å². The van der Waals surface area contributed by atoms with E-state index in [1.54, 1.807) is 6.92 Å². The first-order valence-corrected chi connectivity index (χ1v) is 7.90. The van der Waals surface area contributed by atoms with Gasteiger partial charge in [-0.15, -0.1) is 5.10 Å². The van der Waals surface area contributed by atoms with Crippen molar-refractivity contribution in [1.29, 1.82) is 0 Å². The van der Waals surface area contributed by atoms with E-state index >= 15 is 0 Å². The van der Waals surface area contributed by atoms with Crippen molar-refractivity contribution in [2.24, 2.45) is 5.92 Å². The second-order valence-electron chi connectivity index (χ2n) is 5.13. The Hall–Kier alpha value is -1.11. The Kier molecular flexibility index (Phi) is 5.39. The fourth-order valence-corrected chi connectivity index (χ4v) is 3.08. The third-order valence-corrected chi connectivity index (χ3v) is 4.21. The lowest BCUT2D eigenvalue weighted by molar-refractivity contribution is -0.143. The van der Waals surface area contributed by atoms with Crippen molar-refractivity contribution in [3.63, 3.8) is 0 Å². The van der Waals surface area contributed by atoms with Crippen LogP contribution >= 0.6 is 15.9 Å². The highest BCUT2D eigenvalue weighted by atomic mass is 79.9. The molecule has 0 atom stereocenters. The van der Waals surface area contributed by atoms with Gasteiger partial charge in [0.25, 0.3) is 0 Å². The summed E-state index contributed by atoms with van der Waals surface area (Å²) in [5, 5.41) is 4.19. The molecule has 112 valence electrons. The predicted molar refractivity (Wildman–Crippen MR) is 77.4 cm³/mol. The van der Waals surface area contributed by atoms with Crippen LogP contribution in [0.25, 0.3) is 0 Å². The molecule has 0 spiro atoms. The molecule has 20 heavy (non-hydrogen) atoms. The molecule has 0 saturated heterocycles. The number of nitrogens with zero attached hydrogens (tertiary/aromatic N) is 3. The Morgan fingerprint density at radius 3 is 2.75 bits per heavy atom. The molecular formula is C13H20BrN3O3. The number of aromatic nitrogens is 3. The molecule has 1 aliphatic rings. The predicted octanol–water partition coefficient (Wildman–Crippen LogP) is 1.95. The van der Waals surface area contributed by atoms with E-state index in [9.17, 15) is 9.59 Å². The number of halogens is 1. The Morgan fingerprint density at radius 2 is 2.10 bits per heavy atom. The van der Waals surface area contributed by atoms with Crippen LogP contribution in [0.4, 0.5) is 0 Å². The van der Waals surface area contributed by atoms with Crippen LogP contribution in [0.2, 0.25) is 0 Å². The van der Waals surface area contributed by atoms with Gasteiger partial charge in [0.2, 0.25) is 4.73 Å². The van der Waals surface area contributed by atoms with Crippen molar-refractivity contribution < 1.29 is 9.53 Å². The third kappa shape index (κ3) is 3.71. The van der Waals surface area contributed by atoms with Crippen LogP contribution < -0.4 is 5.69 Å². The minimum atomic E-state index is -0.424. The summed E-state index contributed by atoms with van der Waals surface area (Å²) in [5.74, 6) is 0.0896. The van der Waals surface area contributed by atoms with E-state index in [0.717, 1.165) is 12.8 Å². The normalized spacial score (nSPS) is 16.3.